The topological polar surface area (TPSA) is 46.2 Å². The standard InChI is InChI=1S/C9H12ClNO/c1-6(11)4-7-2-3-9(12)8(10)5-7/h2-3,5-6,12H,4,11H2,1H3/t6-/m0/s1. The molecule has 0 amide bonds. The summed E-state index contributed by atoms with van der Waals surface area (Å²) < 4.78 is 0. The molecule has 3 heteroatoms. The van der Waals surface area contributed by atoms with E-state index >= 15 is 0 Å². The second-order valence-corrected chi connectivity index (χ2v) is 3.37. The fraction of sp³-hybridized carbons (Fsp3) is 0.333. The molecule has 0 heterocycles. The Morgan fingerprint density at radius 3 is 2.75 bits per heavy atom. The summed E-state index contributed by atoms with van der Waals surface area (Å²) in [5, 5.41) is 9.50. The van der Waals surface area contributed by atoms with Crippen molar-refractivity contribution in [3.63, 3.8) is 0 Å². The SMILES string of the molecule is C[C@H](N)Cc1ccc(O)c(Cl)c1. The number of hydrogen-bond acceptors (Lipinski definition) is 2. The molecule has 0 saturated heterocycles. The second-order valence-electron chi connectivity index (χ2n) is 2.97. The molecule has 0 aromatic heterocycles. The van der Waals surface area contributed by atoms with E-state index in [0.717, 1.165) is 12.0 Å². The van der Waals surface area contributed by atoms with Crippen LogP contribution in [0.2, 0.25) is 5.02 Å². The van der Waals surface area contributed by atoms with Gasteiger partial charge in [-0.2, -0.15) is 0 Å². The Bertz CT molecular complexity index is 273. The van der Waals surface area contributed by atoms with Crippen molar-refractivity contribution in [3.05, 3.63) is 28.8 Å². The number of halogens is 1. The molecule has 0 radical (unpaired) electrons. The van der Waals surface area contributed by atoms with Crippen molar-refractivity contribution in [2.45, 2.75) is 19.4 Å². The number of aromatic hydroxyl groups is 1. The molecule has 2 nitrogen and oxygen atoms in total. The molecule has 0 spiro atoms. The fourth-order valence-electron chi connectivity index (χ4n) is 1.05. The summed E-state index contributed by atoms with van der Waals surface area (Å²) in [5.41, 5.74) is 6.66. The number of rotatable bonds is 2. The van der Waals surface area contributed by atoms with Gasteiger partial charge in [0.05, 0.1) is 5.02 Å². The quantitative estimate of drug-likeness (QED) is 0.740. The largest absolute Gasteiger partial charge is 0.506 e. The van der Waals surface area contributed by atoms with Crippen LogP contribution >= 0.6 is 11.6 Å². The van der Waals surface area contributed by atoms with Crippen molar-refractivity contribution in [2.24, 2.45) is 5.73 Å². The highest BCUT2D eigenvalue weighted by molar-refractivity contribution is 6.32. The van der Waals surface area contributed by atoms with Gasteiger partial charge in [-0.1, -0.05) is 17.7 Å². The van der Waals surface area contributed by atoms with Gasteiger partial charge >= 0.3 is 0 Å². The van der Waals surface area contributed by atoms with E-state index in [-0.39, 0.29) is 11.8 Å². The average molecular weight is 186 g/mol. The molecular formula is C9H12ClNO. The van der Waals surface area contributed by atoms with Crippen molar-refractivity contribution >= 4 is 11.6 Å². The van der Waals surface area contributed by atoms with Gasteiger partial charge in [-0.25, -0.2) is 0 Å². The molecular weight excluding hydrogens is 174 g/mol. The predicted octanol–water partition coefficient (Wildman–Crippen LogP) is 1.94. The first-order valence-electron chi connectivity index (χ1n) is 3.82. The summed E-state index contributed by atoms with van der Waals surface area (Å²) in [6.07, 6.45) is 0.778. The van der Waals surface area contributed by atoms with Crippen molar-refractivity contribution in [2.75, 3.05) is 0 Å². The first-order valence-corrected chi connectivity index (χ1v) is 4.20. The van der Waals surface area contributed by atoms with Crippen LogP contribution in [0, 0.1) is 0 Å². The number of benzene rings is 1. The van der Waals surface area contributed by atoms with Gasteiger partial charge in [0.25, 0.3) is 0 Å². The van der Waals surface area contributed by atoms with Gasteiger partial charge < -0.3 is 10.8 Å². The van der Waals surface area contributed by atoms with Crippen molar-refractivity contribution in [1.29, 1.82) is 0 Å². The molecule has 0 aliphatic rings. The van der Waals surface area contributed by atoms with Crippen molar-refractivity contribution in [1.82, 2.24) is 0 Å². The zero-order valence-electron chi connectivity index (χ0n) is 6.92. The van der Waals surface area contributed by atoms with Gasteiger partial charge in [-0.15, -0.1) is 0 Å². The van der Waals surface area contributed by atoms with Crippen LogP contribution in [0.15, 0.2) is 18.2 Å². The van der Waals surface area contributed by atoms with Gasteiger partial charge in [0, 0.05) is 6.04 Å². The summed E-state index contributed by atoms with van der Waals surface area (Å²) in [6, 6.07) is 5.26. The summed E-state index contributed by atoms with van der Waals surface area (Å²) in [6.45, 7) is 1.93. The van der Waals surface area contributed by atoms with Crippen LogP contribution in [0.5, 0.6) is 5.75 Å². The normalized spacial score (nSPS) is 12.9. The molecule has 0 saturated carbocycles. The Hall–Kier alpha value is -0.730. The monoisotopic (exact) mass is 185 g/mol. The smallest absolute Gasteiger partial charge is 0.134 e. The lowest BCUT2D eigenvalue weighted by Crippen LogP contribution is -2.17. The van der Waals surface area contributed by atoms with E-state index in [4.69, 9.17) is 22.4 Å². The summed E-state index contributed by atoms with van der Waals surface area (Å²) >= 11 is 5.71. The molecule has 66 valence electrons. The first kappa shape index (κ1) is 9.36. The summed E-state index contributed by atoms with van der Waals surface area (Å²) in [7, 11) is 0. The highest BCUT2D eigenvalue weighted by Gasteiger charge is 2.01. The third kappa shape index (κ3) is 2.40. The molecule has 0 unspecified atom stereocenters. The van der Waals surface area contributed by atoms with E-state index in [1.807, 2.05) is 13.0 Å². The average Bonchev–Trinajstić information content (AvgIpc) is 1.96. The highest BCUT2D eigenvalue weighted by Crippen LogP contribution is 2.23. The number of phenolic OH excluding ortho intramolecular Hbond substituents is 1. The van der Waals surface area contributed by atoms with Crippen LogP contribution < -0.4 is 5.73 Å². The minimum absolute atomic E-state index is 0.116. The molecule has 0 bridgehead atoms. The molecule has 0 fully saturated rings. The lowest BCUT2D eigenvalue weighted by atomic mass is 10.1. The lowest BCUT2D eigenvalue weighted by Gasteiger charge is -2.05. The molecule has 1 atom stereocenters. The number of phenols is 1. The van der Waals surface area contributed by atoms with E-state index in [2.05, 4.69) is 0 Å². The second kappa shape index (κ2) is 3.78. The van der Waals surface area contributed by atoms with Crippen LogP contribution in [0.3, 0.4) is 0 Å². The molecule has 0 aliphatic carbocycles. The highest BCUT2D eigenvalue weighted by atomic mass is 35.5. The molecule has 0 aliphatic heterocycles. The van der Waals surface area contributed by atoms with Crippen LogP contribution in [0.25, 0.3) is 0 Å². The third-order valence-electron chi connectivity index (χ3n) is 1.57. The van der Waals surface area contributed by atoms with Gasteiger partial charge in [-0.05, 0) is 31.0 Å². The Balaban J connectivity index is 2.82. The zero-order valence-corrected chi connectivity index (χ0v) is 7.67. The van der Waals surface area contributed by atoms with Crippen LogP contribution in [0.4, 0.5) is 0 Å². The fourth-order valence-corrected chi connectivity index (χ4v) is 1.25. The Morgan fingerprint density at radius 2 is 2.25 bits per heavy atom. The van der Waals surface area contributed by atoms with Gasteiger partial charge in [0.2, 0.25) is 0 Å². The molecule has 12 heavy (non-hydrogen) atoms. The van der Waals surface area contributed by atoms with Crippen LogP contribution in [-0.2, 0) is 6.42 Å². The lowest BCUT2D eigenvalue weighted by molar-refractivity contribution is 0.475. The summed E-state index contributed by atoms with van der Waals surface area (Å²) in [5.74, 6) is 0.116. The minimum atomic E-state index is 0.116. The zero-order chi connectivity index (χ0) is 9.14. The molecule has 1 aromatic rings. The van der Waals surface area contributed by atoms with Crippen LogP contribution in [-0.4, -0.2) is 11.1 Å². The number of nitrogens with two attached hydrogens (primary N) is 1. The van der Waals surface area contributed by atoms with E-state index in [1.165, 1.54) is 0 Å². The predicted molar refractivity (Wildman–Crippen MR) is 50.5 cm³/mol. The van der Waals surface area contributed by atoms with E-state index in [9.17, 15) is 0 Å². The maximum Gasteiger partial charge on any atom is 0.134 e. The minimum Gasteiger partial charge on any atom is -0.506 e. The first-order chi connectivity index (χ1) is 5.59. The Labute approximate surface area is 77.0 Å². The molecule has 1 rings (SSSR count). The van der Waals surface area contributed by atoms with Crippen molar-refractivity contribution < 1.29 is 5.11 Å². The third-order valence-corrected chi connectivity index (χ3v) is 1.87. The maximum atomic E-state index is 9.11. The van der Waals surface area contributed by atoms with Gasteiger partial charge in [0.1, 0.15) is 5.75 Å². The van der Waals surface area contributed by atoms with Gasteiger partial charge in [-0.3, -0.25) is 0 Å². The molecule has 3 N–H and O–H groups in total. The Morgan fingerprint density at radius 1 is 1.58 bits per heavy atom. The van der Waals surface area contributed by atoms with E-state index < -0.39 is 0 Å². The van der Waals surface area contributed by atoms with Crippen molar-refractivity contribution in [3.8, 4) is 5.75 Å². The summed E-state index contributed by atoms with van der Waals surface area (Å²) in [4.78, 5) is 0. The van der Waals surface area contributed by atoms with E-state index in [0.29, 0.717) is 5.02 Å². The van der Waals surface area contributed by atoms with Crippen LogP contribution in [0.1, 0.15) is 12.5 Å². The Kier molecular flexibility index (Phi) is 2.95. The molecule has 1 aromatic carbocycles. The number of hydrogen-bond donors (Lipinski definition) is 2. The maximum absolute atomic E-state index is 9.11. The van der Waals surface area contributed by atoms with E-state index in [1.54, 1.807) is 12.1 Å². The van der Waals surface area contributed by atoms with Gasteiger partial charge in [0.15, 0.2) is 0 Å².